The summed E-state index contributed by atoms with van der Waals surface area (Å²) >= 11 is 0. The van der Waals surface area contributed by atoms with Crippen LogP contribution in [0.2, 0.25) is 0 Å². The number of carboxylic acid groups (broad SMARTS) is 1. The maximum atomic E-state index is 11.7. The molecule has 1 rings (SSSR count). The first-order chi connectivity index (χ1) is 8.38. The number of primary amides is 1. The first kappa shape index (κ1) is 13.6. The maximum absolute atomic E-state index is 11.7. The molecule has 0 unspecified atom stereocenters. The number of urea groups is 1. The van der Waals surface area contributed by atoms with E-state index in [1.807, 2.05) is 0 Å². The zero-order valence-electron chi connectivity index (χ0n) is 9.89. The molecule has 0 aliphatic heterocycles. The summed E-state index contributed by atoms with van der Waals surface area (Å²) in [6.45, 7) is 3.18. The topological polar surface area (TPSA) is 124 Å². The van der Waals surface area contributed by atoms with Crippen LogP contribution in [0.15, 0.2) is 6.07 Å². The van der Waals surface area contributed by atoms with Crippen LogP contribution in [-0.4, -0.2) is 34.4 Å². The molecule has 18 heavy (non-hydrogen) atoms. The molecule has 0 aliphatic carbocycles. The SMILES string of the molecule is CCOC(=O)c1c(C(=O)O)cc(C)n1NC(N)=O. The van der Waals surface area contributed by atoms with E-state index in [1.54, 1.807) is 6.92 Å². The second-order valence-corrected chi connectivity index (χ2v) is 3.39. The van der Waals surface area contributed by atoms with E-state index in [4.69, 9.17) is 15.6 Å². The van der Waals surface area contributed by atoms with Gasteiger partial charge in [-0.3, -0.25) is 0 Å². The van der Waals surface area contributed by atoms with Gasteiger partial charge in [0, 0.05) is 5.69 Å². The molecule has 0 saturated carbocycles. The number of nitrogens with one attached hydrogen (secondary N) is 1. The molecule has 2 amide bonds. The number of hydrogen-bond acceptors (Lipinski definition) is 4. The Balaban J connectivity index is 3.35. The molecule has 0 aliphatic rings. The summed E-state index contributed by atoms with van der Waals surface area (Å²) in [5.41, 5.74) is 6.90. The number of amides is 2. The van der Waals surface area contributed by atoms with Gasteiger partial charge >= 0.3 is 18.0 Å². The summed E-state index contributed by atoms with van der Waals surface area (Å²) < 4.78 is 5.73. The first-order valence-electron chi connectivity index (χ1n) is 5.07. The molecule has 0 spiro atoms. The molecule has 0 aromatic carbocycles. The fraction of sp³-hybridized carbons (Fsp3) is 0.300. The lowest BCUT2D eigenvalue weighted by molar-refractivity contribution is 0.0504. The van der Waals surface area contributed by atoms with E-state index in [0.717, 1.165) is 4.68 Å². The van der Waals surface area contributed by atoms with Crippen molar-refractivity contribution in [3.8, 4) is 0 Å². The van der Waals surface area contributed by atoms with Crippen LogP contribution in [0.25, 0.3) is 0 Å². The molecule has 1 aromatic rings. The van der Waals surface area contributed by atoms with E-state index in [0.29, 0.717) is 5.69 Å². The number of carbonyl (C=O) groups excluding carboxylic acids is 2. The molecular weight excluding hydrogens is 242 g/mol. The second-order valence-electron chi connectivity index (χ2n) is 3.39. The van der Waals surface area contributed by atoms with Gasteiger partial charge in [0.25, 0.3) is 0 Å². The average molecular weight is 255 g/mol. The normalized spacial score (nSPS) is 9.89. The van der Waals surface area contributed by atoms with Crippen LogP contribution in [-0.2, 0) is 4.74 Å². The largest absolute Gasteiger partial charge is 0.478 e. The lowest BCUT2D eigenvalue weighted by atomic mass is 10.2. The van der Waals surface area contributed by atoms with Gasteiger partial charge in [0.05, 0.1) is 12.2 Å². The molecule has 98 valence electrons. The highest BCUT2D eigenvalue weighted by Crippen LogP contribution is 2.16. The third-order valence-electron chi connectivity index (χ3n) is 2.11. The number of nitrogens with zero attached hydrogens (tertiary/aromatic N) is 1. The van der Waals surface area contributed by atoms with Gasteiger partial charge in [-0.1, -0.05) is 0 Å². The van der Waals surface area contributed by atoms with Gasteiger partial charge in [-0.15, -0.1) is 0 Å². The predicted molar refractivity (Wildman–Crippen MR) is 61.0 cm³/mol. The Hall–Kier alpha value is -2.51. The molecule has 0 fully saturated rings. The lowest BCUT2D eigenvalue weighted by Gasteiger charge is -2.10. The van der Waals surface area contributed by atoms with Gasteiger partial charge in [0.15, 0.2) is 5.69 Å². The fourth-order valence-electron chi connectivity index (χ4n) is 1.46. The zero-order valence-corrected chi connectivity index (χ0v) is 9.89. The van der Waals surface area contributed by atoms with Crippen LogP contribution in [0.5, 0.6) is 0 Å². The molecular formula is C10H13N3O5. The highest BCUT2D eigenvalue weighted by Gasteiger charge is 2.25. The van der Waals surface area contributed by atoms with E-state index in [1.165, 1.54) is 13.0 Å². The van der Waals surface area contributed by atoms with Gasteiger partial charge in [-0.05, 0) is 19.9 Å². The van der Waals surface area contributed by atoms with Crippen molar-refractivity contribution in [1.82, 2.24) is 4.68 Å². The quantitative estimate of drug-likeness (QED) is 0.667. The minimum Gasteiger partial charge on any atom is -0.478 e. The number of hydrogen-bond donors (Lipinski definition) is 3. The highest BCUT2D eigenvalue weighted by atomic mass is 16.5. The van der Waals surface area contributed by atoms with Crippen molar-refractivity contribution in [1.29, 1.82) is 0 Å². The van der Waals surface area contributed by atoms with Crippen molar-refractivity contribution in [3.63, 3.8) is 0 Å². The van der Waals surface area contributed by atoms with Crippen molar-refractivity contribution in [2.24, 2.45) is 5.73 Å². The molecule has 4 N–H and O–H groups in total. The fourth-order valence-corrected chi connectivity index (χ4v) is 1.46. The molecule has 1 heterocycles. The highest BCUT2D eigenvalue weighted by molar-refractivity contribution is 6.02. The number of carboxylic acids is 1. The van der Waals surface area contributed by atoms with Gasteiger partial charge < -0.3 is 15.6 Å². The van der Waals surface area contributed by atoms with Crippen LogP contribution in [0.1, 0.15) is 33.5 Å². The Morgan fingerprint density at radius 3 is 2.56 bits per heavy atom. The summed E-state index contributed by atoms with van der Waals surface area (Å²) in [5.74, 6) is -2.15. The summed E-state index contributed by atoms with van der Waals surface area (Å²) in [6.07, 6.45) is 0. The van der Waals surface area contributed by atoms with E-state index < -0.39 is 18.0 Å². The number of carbonyl (C=O) groups is 3. The van der Waals surface area contributed by atoms with Crippen molar-refractivity contribution in [3.05, 3.63) is 23.0 Å². The minimum absolute atomic E-state index is 0.0820. The van der Waals surface area contributed by atoms with Crippen molar-refractivity contribution >= 4 is 18.0 Å². The van der Waals surface area contributed by atoms with Crippen molar-refractivity contribution < 1.29 is 24.2 Å². The van der Waals surface area contributed by atoms with E-state index >= 15 is 0 Å². The molecule has 0 atom stereocenters. The number of aryl methyl sites for hydroxylation is 1. The number of aromatic carboxylic acids is 1. The van der Waals surface area contributed by atoms with Gasteiger partial charge in [-0.25, -0.2) is 24.5 Å². The summed E-state index contributed by atoms with van der Waals surface area (Å²) in [6, 6.07) is 0.320. The van der Waals surface area contributed by atoms with E-state index in [2.05, 4.69) is 5.43 Å². The van der Waals surface area contributed by atoms with Crippen molar-refractivity contribution in [2.75, 3.05) is 12.0 Å². The Morgan fingerprint density at radius 1 is 1.50 bits per heavy atom. The summed E-state index contributed by atoms with van der Waals surface area (Å²) in [4.78, 5) is 33.5. The lowest BCUT2D eigenvalue weighted by Crippen LogP contribution is -2.32. The number of ether oxygens (including phenoxy) is 1. The average Bonchev–Trinajstić information content (AvgIpc) is 2.56. The standard InChI is InChI=1S/C10H13N3O5/c1-3-18-9(16)7-6(8(14)15)4-5(2)13(7)12-10(11)17/h4H,3H2,1-2H3,(H,14,15)(H3,11,12,17). The Labute approximate surface area is 102 Å². The molecule has 1 aromatic heterocycles. The third kappa shape index (κ3) is 2.59. The summed E-state index contributed by atoms with van der Waals surface area (Å²) in [5, 5.41) is 8.99. The number of esters is 1. The van der Waals surface area contributed by atoms with Crippen molar-refractivity contribution in [2.45, 2.75) is 13.8 Å². The first-order valence-corrected chi connectivity index (χ1v) is 5.07. The Bertz CT molecular complexity index is 506. The number of rotatable bonds is 4. The predicted octanol–water partition coefficient (Wildman–Crippen LogP) is 0.294. The van der Waals surface area contributed by atoms with E-state index in [9.17, 15) is 14.4 Å². The molecule has 0 bridgehead atoms. The second kappa shape index (κ2) is 5.21. The monoisotopic (exact) mass is 255 g/mol. The number of nitrogens with two attached hydrogens (primary N) is 1. The van der Waals surface area contributed by atoms with Crippen LogP contribution in [0, 0.1) is 6.92 Å². The third-order valence-corrected chi connectivity index (χ3v) is 2.11. The number of aromatic nitrogens is 1. The Kier molecular flexibility index (Phi) is 3.93. The summed E-state index contributed by atoms with van der Waals surface area (Å²) in [7, 11) is 0. The van der Waals surface area contributed by atoms with Crippen LogP contribution >= 0.6 is 0 Å². The van der Waals surface area contributed by atoms with Crippen LogP contribution in [0.3, 0.4) is 0 Å². The molecule has 8 nitrogen and oxygen atoms in total. The molecule has 0 saturated heterocycles. The minimum atomic E-state index is -1.30. The van der Waals surface area contributed by atoms with E-state index in [-0.39, 0.29) is 17.9 Å². The molecule has 0 radical (unpaired) electrons. The van der Waals surface area contributed by atoms with Crippen LogP contribution in [0.4, 0.5) is 4.79 Å². The molecule has 8 heteroatoms. The van der Waals surface area contributed by atoms with Crippen LogP contribution < -0.4 is 11.2 Å². The zero-order chi connectivity index (χ0) is 13.9. The van der Waals surface area contributed by atoms with Gasteiger partial charge in [0.1, 0.15) is 0 Å². The van der Waals surface area contributed by atoms with Gasteiger partial charge in [0.2, 0.25) is 0 Å². The maximum Gasteiger partial charge on any atom is 0.357 e. The van der Waals surface area contributed by atoms with Gasteiger partial charge in [-0.2, -0.15) is 0 Å². The smallest absolute Gasteiger partial charge is 0.357 e. The Morgan fingerprint density at radius 2 is 2.11 bits per heavy atom.